The van der Waals surface area contributed by atoms with Gasteiger partial charge in [0.1, 0.15) is 11.3 Å². The van der Waals surface area contributed by atoms with E-state index in [4.69, 9.17) is 15.1 Å². The summed E-state index contributed by atoms with van der Waals surface area (Å²) in [5.41, 5.74) is -1.62. The summed E-state index contributed by atoms with van der Waals surface area (Å²) < 4.78 is 57.9. The van der Waals surface area contributed by atoms with Crippen LogP contribution in [0.5, 0.6) is 11.5 Å². The second kappa shape index (κ2) is 6.03. The normalized spacial score (nSPS) is 11.1. The molecule has 1 N–H and O–H groups in total. The smallest absolute Gasteiger partial charge is 0.421 e. The number of nitrogens with zero attached hydrogens (tertiary/aromatic N) is 1. The third kappa shape index (κ3) is 3.18. The van der Waals surface area contributed by atoms with Crippen LogP contribution in [0, 0.1) is 17.1 Å². The zero-order valence-corrected chi connectivity index (χ0v) is 11.0. The molecule has 0 aliphatic heterocycles. The number of hydrogen-bond acceptors (Lipinski definition) is 3. The lowest BCUT2D eigenvalue weighted by atomic mass is 10.1. The van der Waals surface area contributed by atoms with E-state index in [-0.39, 0.29) is 5.56 Å². The van der Waals surface area contributed by atoms with Crippen LogP contribution < -0.4 is 4.74 Å². The minimum atomic E-state index is -4.82. The summed E-state index contributed by atoms with van der Waals surface area (Å²) in [5.74, 6) is -2.01. The number of ether oxygens (including phenoxy) is 1. The lowest BCUT2D eigenvalue weighted by Gasteiger charge is -2.15. The van der Waals surface area contributed by atoms with Gasteiger partial charge in [-0.1, -0.05) is 12.1 Å². The van der Waals surface area contributed by atoms with Crippen molar-refractivity contribution < 1.29 is 27.4 Å². The van der Waals surface area contributed by atoms with Gasteiger partial charge in [-0.05, 0) is 29.8 Å². The van der Waals surface area contributed by atoms with Gasteiger partial charge in [0.15, 0.2) is 11.6 Å². The molecule has 3 nitrogen and oxygen atoms in total. The summed E-state index contributed by atoms with van der Waals surface area (Å²) in [6.07, 6.45) is -4.82. The average molecular weight is 311 g/mol. The Bertz CT molecular complexity index is 735. The van der Waals surface area contributed by atoms with Gasteiger partial charge in [0.05, 0.1) is 18.2 Å². The monoisotopic (exact) mass is 311 g/mol. The lowest BCUT2D eigenvalue weighted by molar-refractivity contribution is -0.138. The molecule has 0 aliphatic carbocycles. The fraction of sp³-hybridized carbons (Fsp3) is 0.133. The fourth-order valence-electron chi connectivity index (χ4n) is 1.85. The number of alkyl halides is 3. The van der Waals surface area contributed by atoms with Gasteiger partial charge in [-0.15, -0.1) is 0 Å². The molecule has 7 heteroatoms. The van der Waals surface area contributed by atoms with E-state index >= 15 is 0 Å². The van der Waals surface area contributed by atoms with Crippen molar-refractivity contribution in [1.29, 1.82) is 5.26 Å². The maximum absolute atomic E-state index is 13.8. The Kier molecular flexibility index (Phi) is 4.33. The van der Waals surface area contributed by atoms with Gasteiger partial charge in [-0.2, -0.15) is 18.4 Å². The quantitative estimate of drug-likeness (QED) is 0.872. The number of nitriles is 1. The Hall–Kier alpha value is -2.59. The van der Waals surface area contributed by atoms with Crippen LogP contribution in [0.2, 0.25) is 0 Å². The molecule has 0 aliphatic rings. The first kappa shape index (κ1) is 15.8. The molecule has 0 heterocycles. The van der Waals surface area contributed by atoms with E-state index in [1.807, 2.05) is 0 Å². The van der Waals surface area contributed by atoms with E-state index in [9.17, 15) is 17.6 Å². The van der Waals surface area contributed by atoms with Crippen molar-refractivity contribution in [3.05, 3.63) is 58.9 Å². The average Bonchev–Trinajstić information content (AvgIpc) is 2.47. The highest BCUT2D eigenvalue weighted by Crippen LogP contribution is 2.40. The minimum Gasteiger partial charge on any atom is -0.454 e. The third-order valence-electron chi connectivity index (χ3n) is 2.83. The number of halogens is 4. The Morgan fingerprint density at radius 3 is 2.41 bits per heavy atom. The van der Waals surface area contributed by atoms with Crippen LogP contribution in [-0.2, 0) is 12.8 Å². The summed E-state index contributed by atoms with van der Waals surface area (Å²) >= 11 is 0. The molecule has 0 radical (unpaired) electrons. The van der Waals surface area contributed by atoms with E-state index in [1.165, 1.54) is 18.2 Å². The molecule has 22 heavy (non-hydrogen) atoms. The molecule has 0 atom stereocenters. The Morgan fingerprint density at radius 1 is 1.14 bits per heavy atom. The molecule has 2 aromatic carbocycles. The van der Waals surface area contributed by atoms with Gasteiger partial charge < -0.3 is 9.84 Å². The van der Waals surface area contributed by atoms with Gasteiger partial charge in [0.2, 0.25) is 0 Å². The molecule has 2 aromatic rings. The highest BCUT2D eigenvalue weighted by molar-refractivity contribution is 5.50. The number of benzene rings is 2. The van der Waals surface area contributed by atoms with Crippen LogP contribution in [-0.4, -0.2) is 5.11 Å². The van der Waals surface area contributed by atoms with Crippen LogP contribution in [0.15, 0.2) is 36.4 Å². The number of aliphatic hydroxyl groups excluding tert-OH is 1. The number of aliphatic hydroxyl groups is 1. The zero-order chi connectivity index (χ0) is 16.3. The zero-order valence-electron chi connectivity index (χ0n) is 11.0. The van der Waals surface area contributed by atoms with Crippen LogP contribution in [0.25, 0.3) is 0 Å². The van der Waals surface area contributed by atoms with Gasteiger partial charge >= 0.3 is 6.18 Å². The van der Waals surface area contributed by atoms with Crippen molar-refractivity contribution >= 4 is 0 Å². The van der Waals surface area contributed by atoms with Gasteiger partial charge in [0.25, 0.3) is 0 Å². The van der Waals surface area contributed by atoms with Crippen LogP contribution >= 0.6 is 0 Å². The molecule has 0 bridgehead atoms. The number of rotatable bonds is 3. The fourth-order valence-corrected chi connectivity index (χ4v) is 1.85. The molecule has 0 amide bonds. The summed E-state index contributed by atoms with van der Waals surface area (Å²) in [5, 5.41) is 17.7. The highest BCUT2D eigenvalue weighted by Gasteiger charge is 2.37. The second-order valence-corrected chi connectivity index (χ2v) is 4.31. The van der Waals surface area contributed by atoms with Crippen molar-refractivity contribution in [2.24, 2.45) is 0 Å². The summed E-state index contributed by atoms with van der Waals surface area (Å²) in [4.78, 5) is 0. The lowest BCUT2D eigenvalue weighted by Crippen LogP contribution is -2.10. The molecule has 0 spiro atoms. The summed E-state index contributed by atoms with van der Waals surface area (Å²) in [7, 11) is 0. The molecule has 0 unspecified atom stereocenters. The van der Waals surface area contributed by atoms with E-state index in [2.05, 4.69) is 0 Å². The molecular formula is C15H9F4NO2. The molecule has 0 fully saturated rings. The van der Waals surface area contributed by atoms with Gasteiger partial charge in [0, 0.05) is 0 Å². The highest BCUT2D eigenvalue weighted by atomic mass is 19.4. The first-order valence-corrected chi connectivity index (χ1v) is 6.04. The van der Waals surface area contributed by atoms with E-state index < -0.39 is 41.2 Å². The van der Waals surface area contributed by atoms with Crippen molar-refractivity contribution in [1.82, 2.24) is 0 Å². The van der Waals surface area contributed by atoms with E-state index in [0.29, 0.717) is 0 Å². The Morgan fingerprint density at radius 2 is 1.86 bits per heavy atom. The topological polar surface area (TPSA) is 53.2 Å². The van der Waals surface area contributed by atoms with Crippen molar-refractivity contribution in [3.8, 4) is 17.6 Å². The first-order valence-electron chi connectivity index (χ1n) is 6.04. The minimum absolute atomic E-state index is 0.256. The first-order chi connectivity index (χ1) is 10.4. The van der Waals surface area contributed by atoms with Crippen molar-refractivity contribution in [2.75, 3.05) is 0 Å². The van der Waals surface area contributed by atoms with E-state index in [0.717, 1.165) is 24.3 Å². The van der Waals surface area contributed by atoms with Crippen LogP contribution in [0.3, 0.4) is 0 Å². The molecule has 0 saturated heterocycles. The summed E-state index contributed by atoms with van der Waals surface area (Å²) in [6.45, 7) is -0.408. The predicted octanol–water partition coefficient (Wildman–Crippen LogP) is 4.00. The van der Waals surface area contributed by atoms with E-state index in [1.54, 1.807) is 0 Å². The molecule has 0 saturated carbocycles. The largest absolute Gasteiger partial charge is 0.454 e. The number of hydrogen-bond donors (Lipinski definition) is 1. The summed E-state index contributed by atoms with van der Waals surface area (Å²) in [6, 6.07) is 8.04. The molecular weight excluding hydrogens is 302 g/mol. The SMILES string of the molecule is N#Cc1cccc(Oc2ccc(CO)cc2F)c1C(F)(F)F. The third-order valence-corrected chi connectivity index (χ3v) is 2.83. The predicted molar refractivity (Wildman–Crippen MR) is 68.6 cm³/mol. The Labute approximate surface area is 123 Å². The van der Waals surface area contributed by atoms with Gasteiger partial charge in [-0.25, -0.2) is 4.39 Å². The molecule has 114 valence electrons. The Balaban J connectivity index is 2.49. The van der Waals surface area contributed by atoms with Crippen molar-refractivity contribution in [2.45, 2.75) is 12.8 Å². The second-order valence-electron chi connectivity index (χ2n) is 4.31. The van der Waals surface area contributed by atoms with Crippen LogP contribution in [0.4, 0.5) is 17.6 Å². The standard InChI is InChI=1S/C15H9F4NO2/c16-11-6-9(8-21)4-5-12(11)22-13-3-1-2-10(7-20)14(13)15(17,18)19/h1-6,21H,8H2. The van der Waals surface area contributed by atoms with Crippen LogP contribution in [0.1, 0.15) is 16.7 Å². The molecule has 2 rings (SSSR count). The van der Waals surface area contributed by atoms with Crippen molar-refractivity contribution in [3.63, 3.8) is 0 Å². The molecule has 0 aromatic heterocycles. The maximum atomic E-state index is 13.8. The maximum Gasteiger partial charge on any atom is 0.421 e. The van der Waals surface area contributed by atoms with Gasteiger partial charge in [-0.3, -0.25) is 0 Å².